The molecule has 0 spiro atoms. The predicted molar refractivity (Wildman–Crippen MR) is 116 cm³/mol. The lowest BCUT2D eigenvalue weighted by Crippen LogP contribution is -2.27. The first kappa shape index (κ1) is 20.5. The smallest absolute Gasteiger partial charge is 0.259 e. The van der Waals surface area contributed by atoms with Crippen LogP contribution in [0.15, 0.2) is 59.4 Å². The zero-order chi connectivity index (χ0) is 22.0. The Hall–Kier alpha value is -3.81. The van der Waals surface area contributed by atoms with Gasteiger partial charge in [-0.1, -0.05) is 49.3 Å². The van der Waals surface area contributed by atoms with Gasteiger partial charge in [0.25, 0.3) is 11.8 Å². The molecule has 0 aliphatic carbocycles. The minimum absolute atomic E-state index is 0.112. The molecule has 0 bridgehead atoms. The third-order valence-electron chi connectivity index (χ3n) is 5.07. The van der Waals surface area contributed by atoms with Crippen molar-refractivity contribution in [3.05, 3.63) is 77.5 Å². The van der Waals surface area contributed by atoms with E-state index in [4.69, 9.17) is 4.52 Å². The van der Waals surface area contributed by atoms with Crippen LogP contribution in [-0.2, 0) is 0 Å². The first-order chi connectivity index (χ1) is 14.9. The maximum atomic E-state index is 12.8. The lowest BCUT2D eigenvalue weighted by Gasteiger charge is -2.14. The van der Waals surface area contributed by atoms with E-state index in [2.05, 4.69) is 25.5 Å². The zero-order valence-corrected chi connectivity index (χ0v) is 17.9. The highest BCUT2D eigenvalue weighted by Crippen LogP contribution is 2.21. The van der Waals surface area contributed by atoms with Gasteiger partial charge in [-0.25, -0.2) is 9.67 Å². The Labute approximate surface area is 180 Å². The molecule has 31 heavy (non-hydrogen) atoms. The monoisotopic (exact) mass is 416 g/mol. The minimum Gasteiger partial charge on any atom is -0.345 e. The molecule has 1 atom stereocenters. The number of aromatic nitrogens is 5. The summed E-state index contributed by atoms with van der Waals surface area (Å²) in [5, 5.41) is 11.4. The molecule has 3 aromatic heterocycles. The quantitative estimate of drug-likeness (QED) is 0.505. The summed E-state index contributed by atoms with van der Waals surface area (Å²) in [7, 11) is 0. The van der Waals surface area contributed by atoms with Crippen LogP contribution >= 0.6 is 0 Å². The van der Waals surface area contributed by atoms with Crippen molar-refractivity contribution in [2.24, 2.45) is 0 Å². The standard InChI is InChI=1S/C23H24N6O2/c1-14(2)21-27-23(31-28-21)18-10-11-20(24-12-18)29-16(4)19(13-25-29)22(30)26-15(3)17-8-6-5-7-9-17/h5-15H,1-4H3,(H,26,30)/t15-/m1/s1. The SMILES string of the molecule is Cc1c(C(=O)N[C@H](C)c2ccccc2)cnn1-c1ccc(-c2nc(C(C)C)no2)cn1. The Morgan fingerprint density at radius 1 is 1.06 bits per heavy atom. The first-order valence-electron chi connectivity index (χ1n) is 10.1. The van der Waals surface area contributed by atoms with E-state index >= 15 is 0 Å². The fourth-order valence-electron chi connectivity index (χ4n) is 3.19. The van der Waals surface area contributed by atoms with Gasteiger partial charge in [-0.3, -0.25) is 4.79 Å². The van der Waals surface area contributed by atoms with Crippen molar-refractivity contribution in [2.75, 3.05) is 0 Å². The molecule has 1 aromatic carbocycles. The molecule has 0 aliphatic rings. The topological polar surface area (TPSA) is 98.7 Å². The van der Waals surface area contributed by atoms with E-state index in [1.165, 1.54) is 0 Å². The Kier molecular flexibility index (Phi) is 5.62. The van der Waals surface area contributed by atoms with Crippen molar-refractivity contribution < 1.29 is 9.32 Å². The summed E-state index contributed by atoms with van der Waals surface area (Å²) < 4.78 is 6.95. The van der Waals surface area contributed by atoms with Crippen LogP contribution in [-0.4, -0.2) is 30.8 Å². The normalized spacial score (nSPS) is 12.2. The van der Waals surface area contributed by atoms with Crippen LogP contribution < -0.4 is 5.32 Å². The molecule has 4 aromatic rings. The molecule has 1 N–H and O–H groups in total. The number of nitrogens with zero attached hydrogens (tertiary/aromatic N) is 5. The van der Waals surface area contributed by atoms with E-state index in [1.807, 2.05) is 70.2 Å². The highest BCUT2D eigenvalue weighted by Gasteiger charge is 2.18. The van der Waals surface area contributed by atoms with Gasteiger partial charge in [0.1, 0.15) is 0 Å². The van der Waals surface area contributed by atoms with Crippen molar-refractivity contribution in [3.8, 4) is 17.3 Å². The lowest BCUT2D eigenvalue weighted by atomic mass is 10.1. The average molecular weight is 416 g/mol. The molecule has 0 fully saturated rings. The second-order valence-electron chi connectivity index (χ2n) is 7.68. The van der Waals surface area contributed by atoms with Crippen LogP contribution in [0.1, 0.15) is 60.2 Å². The molecule has 3 heterocycles. The Morgan fingerprint density at radius 3 is 2.48 bits per heavy atom. The summed E-state index contributed by atoms with van der Waals surface area (Å²) in [5.74, 6) is 1.69. The Morgan fingerprint density at radius 2 is 1.84 bits per heavy atom. The molecule has 1 amide bonds. The van der Waals surface area contributed by atoms with Crippen molar-refractivity contribution in [2.45, 2.75) is 39.7 Å². The number of hydrogen-bond acceptors (Lipinski definition) is 6. The predicted octanol–water partition coefficient (Wildman–Crippen LogP) is 4.24. The number of amides is 1. The fraction of sp³-hybridized carbons (Fsp3) is 0.261. The largest absolute Gasteiger partial charge is 0.345 e. The molecule has 158 valence electrons. The third kappa shape index (κ3) is 4.23. The maximum absolute atomic E-state index is 12.8. The molecular formula is C23H24N6O2. The molecule has 0 saturated heterocycles. The van der Waals surface area contributed by atoms with Gasteiger partial charge < -0.3 is 9.84 Å². The number of rotatable bonds is 6. The second-order valence-corrected chi connectivity index (χ2v) is 7.68. The van der Waals surface area contributed by atoms with Crippen LogP contribution in [0.3, 0.4) is 0 Å². The van der Waals surface area contributed by atoms with Crippen LogP contribution in [0.2, 0.25) is 0 Å². The van der Waals surface area contributed by atoms with E-state index < -0.39 is 0 Å². The van der Waals surface area contributed by atoms with Gasteiger partial charge in [0.2, 0.25) is 0 Å². The summed E-state index contributed by atoms with van der Waals surface area (Å²) in [6.45, 7) is 7.81. The van der Waals surface area contributed by atoms with Gasteiger partial charge in [-0.15, -0.1) is 0 Å². The molecule has 0 unspecified atom stereocenters. The molecular weight excluding hydrogens is 392 g/mol. The van der Waals surface area contributed by atoms with Crippen molar-refractivity contribution >= 4 is 5.91 Å². The average Bonchev–Trinajstić information content (AvgIpc) is 3.42. The van der Waals surface area contributed by atoms with Crippen LogP contribution in [0.5, 0.6) is 0 Å². The van der Waals surface area contributed by atoms with Gasteiger partial charge >= 0.3 is 0 Å². The van der Waals surface area contributed by atoms with E-state index in [-0.39, 0.29) is 17.9 Å². The highest BCUT2D eigenvalue weighted by atomic mass is 16.5. The number of carbonyl (C=O) groups is 1. The fourth-order valence-corrected chi connectivity index (χ4v) is 3.19. The van der Waals surface area contributed by atoms with Gasteiger partial charge in [-0.05, 0) is 31.5 Å². The highest BCUT2D eigenvalue weighted by molar-refractivity contribution is 5.95. The Bertz CT molecular complexity index is 1180. The number of nitrogens with one attached hydrogen (secondary N) is 1. The van der Waals surface area contributed by atoms with Gasteiger partial charge in [-0.2, -0.15) is 10.1 Å². The van der Waals surface area contributed by atoms with Crippen molar-refractivity contribution in [3.63, 3.8) is 0 Å². The number of hydrogen-bond donors (Lipinski definition) is 1. The number of benzene rings is 1. The molecule has 8 nitrogen and oxygen atoms in total. The van der Waals surface area contributed by atoms with E-state index in [1.54, 1.807) is 17.1 Å². The van der Waals surface area contributed by atoms with Gasteiger partial charge in [0.05, 0.1) is 29.1 Å². The summed E-state index contributed by atoms with van der Waals surface area (Å²) in [4.78, 5) is 21.6. The lowest BCUT2D eigenvalue weighted by molar-refractivity contribution is 0.0939. The van der Waals surface area contributed by atoms with E-state index in [0.29, 0.717) is 28.8 Å². The van der Waals surface area contributed by atoms with E-state index in [0.717, 1.165) is 11.1 Å². The number of pyridine rings is 1. The van der Waals surface area contributed by atoms with Gasteiger partial charge in [0.15, 0.2) is 11.6 Å². The third-order valence-corrected chi connectivity index (χ3v) is 5.07. The van der Waals surface area contributed by atoms with Gasteiger partial charge in [0, 0.05) is 12.1 Å². The minimum atomic E-state index is -0.177. The van der Waals surface area contributed by atoms with E-state index in [9.17, 15) is 4.79 Å². The van der Waals surface area contributed by atoms with Crippen molar-refractivity contribution in [1.29, 1.82) is 0 Å². The molecule has 8 heteroatoms. The van der Waals surface area contributed by atoms with Crippen LogP contribution in [0.25, 0.3) is 17.3 Å². The molecule has 0 radical (unpaired) electrons. The van der Waals surface area contributed by atoms with Crippen LogP contribution in [0, 0.1) is 6.92 Å². The van der Waals surface area contributed by atoms with Crippen LogP contribution in [0.4, 0.5) is 0 Å². The maximum Gasteiger partial charge on any atom is 0.259 e. The molecule has 4 rings (SSSR count). The number of carbonyl (C=O) groups excluding carboxylic acids is 1. The second kappa shape index (κ2) is 8.51. The zero-order valence-electron chi connectivity index (χ0n) is 17.9. The summed E-state index contributed by atoms with van der Waals surface area (Å²) >= 11 is 0. The molecule has 0 saturated carbocycles. The molecule has 0 aliphatic heterocycles. The first-order valence-corrected chi connectivity index (χ1v) is 10.1. The van der Waals surface area contributed by atoms with Crippen molar-refractivity contribution in [1.82, 2.24) is 30.2 Å². The summed E-state index contributed by atoms with van der Waals surface area (Å²) in [5.41, 5.74) is 2.98. The summed E-state index contributed by atoms with van der Waals surface area (Å²) in [6, 6.07) is 13.4. The Balaban J connectivity index is 1.51. The summed E-state index contributed by atoms with van der Waals surface area (Å²) in [6.07, 6.45) is 3.22.